The highest BCUT2D eigenvalue weighted by molar-refractivity contribution is 5.73. The number of aromatic nitrogens is 2. The molecule has 3 N–H and O–H groups in total. The van der Waals surface area contributed by atoms with Gasteiger partial charge in [-0.25, -0.2) is 9.97 Å². The Kier molecular flexibility index (Phi) is 3.05. The maximum absolute atomic E-state index is 9.34. The first-order valence-corrected chi connectivity index (χ1v) is 6.21. The average Bonchev–Trinajstić information content (AvgIpc) is 2.50. The third-order valence-electron chi connectivity index (χ3n) is 3.01. The van der Waals surface area contributed by atoms with Crippen molar-refractivity contribution in [3.05, 3.63) is 60.8 Å². The summed E-state index contributed by atoms with van der Waals surface area (Å²) in [6.07, 6.45) is 1.66. The minimum absolute atomic E-state index is 0.208. The lowest BCUT2D eigenvalue weighted by Gasteiger charge is -2.07. The van der Waals surface area contributed by atoms with Crippen LogP contribution in [0.4, 0.5) is 5.82 Å². The Hall–Kier alpha value is -2.88. The Morgan fingerprint density at radius 3 is 2.25 bits per heavy atom. The molecule has 0 spiro atoms. The van der Waals surface area contributed by atoms with Crippen LogP contribution in [0.25, 0.3) is 22.5 Å². The van der Waals surface area contributed by atoms with Crippen LogP contribution in [-0.4, -0.2) is 15.1 Å². The molecule has 1 aromatic heterocycles. The second-order valence-corrected chi connectivity index (χ2v) is 4.40. The molecule has 2 aromatic carbocycles. The Balaban J connectivity index is 2.10. The molecule has 4 heteroatoms. The SMILES string of the molecule is Nc1ncc(-c2ccccc2)nc1-c1ccc(O)cc1. The number of benzene rings is 2. The summed E-state index contributed by atoms with van der Waals surface area (Å²) in [6.45, 7) is 0. The fourth-order valence-electron chi connectivity index (χ4n) is 1.98. The summed E-state index contributed by atoms with van der Waals surface area (Å²) in [7, 11) is 0. The average molecular weight is 263 g/mol. The van der Waals surface area contributed by atoms with E-state index in [4.69, 9.17) is 5.73 Å². The molecule has 1 heterocycles. The van der Waals surface area contributed by atoms with Crippen LogP contribution in [-0.2, 0) is 0 Å². The first-order chi connectivity index (χ1) is 9.74. The molecule has 0 fully saturated rings. The fourth-order valence-corrected chi connectivity index (χ4v) is 1.98. The molecule has 0 atom stereocenters. The van der Waals surface area contributed by atoms with Crippen LogP contribution in [0.2, 0.25) is 0 Å². The summed E-state index contributed by atoms with van der Waals surface area (Å²) in [5, 5.41) is 9.34. The van der Waals surface area contributed by atoms with E-state index in [1.54, 1.807) is 30.5 Å². The van der Waals surface area contributed by atoms with Crippen LogP contribution >= 0.6 is 0 Å². The number of phenols is 1. The van der Waals surface area contributed by atoms with Crippen molar-refractivity contribution in [3.8, 4) is 28.3 Å². The number of nitrogens with two attached hydrogens (primary N) is 1. The number of hydrogen-bond acceptors (Lipinski definition) is 4. The summed E-state index contributed by atoms with van der Waals surface area (Å²) in [4.78, 5) is 8.78. The Bertz CT molecular complexity index is 724. The van der Waals surface area contributed by atoms with Crippen molar-refractivity contribution in [2.75, 3.05) is 5.73 Å². The lowest BCUT2D eigenvalue weighted by Crippen LogP contribution is -1.98. The second-order valence-electron chi connectivity index (χ2n) is 4.40. The lowest BCUT2D eigenvalue weighted by atomic mass is 10.1. The largest absolute Gasteiger partial charge is 0.508 e. The van der Waals surface area contributed by atoms with Gasteiger partial charge in [-0.05, 0) is 24.3 Å². The minimum atomic E-state index is 0.208. The van der Waals surface area contributed by atoms with Gasteiger partial charge in [0.1, 0.15) is 17.3 Å². The zero-order valence-electron chi connectivity index (χ0n) is 10.7. The summed E-state index contributed by atoms with van der Waals surface area (Å²) in [6, 6.07) is 16.5. The molecule has 0 bridgehead atoms. The summed E-state index contributed by atoms with van der Waals surface area (Å²) in [5.41, 5.74) is 9.10. The van der Waals surface area contributed by atoms with Gasteiger partial charge in [-0.2, -0.15) is 0 Å². The predicted molar refractivity (Wildman–Crippen MR) is 79.0 cm³/mol. The monoisotopic (exact) mass is 263 g/mol. The molecule has 0 saturated carbocycles. The van der Waals surface area contributed by atoms with Crippen LogP contribution < -0.4 is 5.73 Å². The number of anilines is 1. The molecule has 3 aromatic rings. The molecule has 98 valence electrons. The number of nitrogen functional groups attached to an aromatic ring is 1. The van der Waals surface area contributed by atoms with Gasteiger partial charge in [0.2, 0.25) is 0 Å². The van der Waals surface area contributed by atoms with Gasteiger partial charge >= 0.3 is 0 Å². The highest BCUT2D eigenvalue weighted by atomic mass is 16.3. The maximum Gasteiger partial charge on any atom is 0.150 e. The molecule has 4 nitrogen and oxygen atoms in total. The Labute approximate surface area is 116 Å². The molecular formula is C16H13N3O. The molecule has 0 saturated heterocycles. The van der Waals surface area contributed by atoms with E-state index in [1.807, 2.05) is 30.3 Å². The lowest BCUT2D eigenvalue weighted by molar-refractivity contribution is 0.475. The van der Waals surface area contributed by atoms with Crippen molar-refractivity contribution < 1.29 is 5.11 Å². The van der Waals surface area contributed by atoms with Crippen molar-refractivity contribution in [1.29, 1.82) is 0 Å². The first kappa shape index (κ1) is 12.2. The smallest absolute Gasteiger partial charge is 0.150 e. The quantitative estimate of drug-likeness (QED) is 0.745. The summed E-state index contributed by atoms with van der Waals surface area (Å²) in [5.74, 6) is 0.579. The van der Waals surface area contributed by atoms with Crippen LogP contribution in [0.15, 0.2) is 60.8 Å². The molecule has 0 aliphatic carbocycles. The topological polar surface area (TPSA) is 72.0 Å². The molecule has 0 unspecified atom stereocenters. The standard InChI is InChI=1S/C16H13N3O/c17-16-15(12-6-8-13(20)9-7-12)19-14(10-18-16)11-4-2-1-3-5-11/h1-10,20H,(H2,17,18). The highest BCUT2D eigenvalue weighted by Crippen LogP contribution is 2.26. The van der Waals surface area contributed by atoms with Crippen LogP contribution in [0.3, 0.4) is 0 Å². The van der Waals surface area contributed by atoms with E-state index in [2.05, 4.69) is 9.97 Å². The van der Waals surface area contributed by atoms with E-state index >= 15 is 0 Å². The van der Waals surface area contributed by atoms with Crippen molar-refractivity contribution in [1.82, 2.24) is 9.97 Å². The zero-order chi connectivity index (χ0) is 13.9. The fraction of sp³-hybridized carbons (Fsp3) is 0. The van der Waals surface area contributed by atoms with Crippen LogP contribution in [0.5, 0.6) is 5.75 Å². The van der Waals surface area contributed by atoms with Crippen molar-refractivity contribution in [2.45, 2.75) is 0 Å². The van der Waals surface area contributed by atoms with Crippen molar-refractivity contribution in [2.24, 2.45) is 0 Å². The van der Waals surface area contributed by atoms with E-state index in [0.717, 1.165) is 16.8 Å². The van der Waals surface area contributed by atoms with Gasteiger partial charge in [-0.3, -0.25) is 0 Å². The maximum atomic E-state index is 9.34. The van der Waals surface area contributed by atoms with Gasteiger partial charge in [-0.15, -0.1) is 0 Å². The molecule has 0 amide bonds. The van der Waals surface area contributed by atoms with E-state index in [0.29, 0.717) is 11.5 Å². The molecular weight excluding hydrogens is 250 g/mol. The molecule has 0 aliphatic rings. The van der Waals surface area contributed by atoms with Crippen molar-refractivity contribution in [3.63, 3.8) is 0 Å². The third-order valence-corrected chi connectivity index (χ3v) is 3.01. The van der Waals surface area contributed by atoms with E-state index in [1.165, 1.54) is 0 Å². The van der Waals surface area contributed by atoms with Gasteiger partial charge in [0, 0.05) is 11.1 Å². The molecule has 0 aliphatic heterocycles. The van der Waals surface area contributed by atoms with E-state index in [-0.39, 0.29) is 5.75 Å². The Morgan fingerprint density at radius 1 is 0.850 bits per heavy atom. The predicted octanol–water partition coefficient (Wildman–Crippen LogP) is 3.10. The van der Waals surface area contributed by atoms with Gasteiger partial charge in [0.15, 0.2) is 0 Å². The van der Waals surface area contributed by atoms with Crippen LogP contribution in [0.1, 0.15) is 0 Å². The number of rotatable bonds is 2. The van der Waals surface area contributed by atoms with Gasteiger partial charge < -0.3 is 10.8 Å². The highest BCUT2D eigenvalue weighted by Gasteiger charge is 2.08. The van der Waals surface area contributed by atoms with Crippen molar-refractivity contribution >= 4 is 5.82 Å². The third kappa shape index (κ3) is 2.31. The number of hydrogen-bond donors (Lipinski definition) is 2. The van der Waals surface area contributed by atoms with E-state index < -0.39 is 0 Å². The van der Waals surface area contributed by atoms with Gasteiger partial charge in [0.05, 0.1) is 11.9 Å². The zero-order valence-corrected chi connectivity index (χ0v) is 10.7. The van der Waals surface area contributed by atoms with E-state index in [9.17, 15) is 5.11 Å². The molecule has 0 radical (unpaired) electrons. The normalized spacial score (nSPS) is 10.4. The molecule has 20 heavy (non-hydrogen) atoms. The van der Waals surface area contributed by atoms with Gasteiger partial charge in [-0.1, -0.05) is 30.3 Å². The first-order valence-electron chi connectivity index (χ1n) is 6.21. The number of aromatic hydroxyl groups is 1. The number of nitrogens with zero attached hydrogens (tertiary/aromatic N) is 2. The summed E-state index contributed by atoms with van der Waals surface area (Å²) >= 11 is 0. The Morgan fingerprint density at radius 2 is 1.55 bits per heavy atom. The number of phenolic OH excluding ortho intramolecular Hbond substituents is 1. The van der Waals surface area contributed by atoms with Crippen LogP contribution in [0, 0.1) is 0 Å². The van der Waals surface area contributed by atoms with Gasteiger partial charge in [0.25, 0.3) is 0 Å². The minimum Gasteiger partial charge on any atom is -0.508 e. The molecule has 3 rings (SSSR count). The second kappa shape index (κ2) is 5.01. The summed E-state index contributed by atoms with van der Waals surface area (Å²) < 4.78 is 0.